The number of hydrogen-bond acceptors (Lipinski definition) is 8. The number of carbonyl (C=O) groups is 3. The van der Waals surface area contributed by atoms with Crippen LogP contribution in [0.1, 0.15) is 34.6 Å². The van der Waals surface area contributed by atoms with E-state index in [9.17, 15) is 14.4 Å². The molecule has 8 heteroatoms. The number of esters is 3. The van der Waals surface area contributed by atoms with Crippen LogP contribution in [-0.2, 0) is 23.9 Å². The Morgan fingerprint density at radius 3 is 1.76 bits per heavy atom. The molecule has 2 rings (SSSR count). The smallest absolute Gasteiger partial charge is 0.333 e. The highest BCUT2D eigenvalue weighted by Crippen LogP contribution is 2.34. The van der Waals surface area contributed by atoms with Crippen molar-refractivity contribution >= 4 is 17.9 Å². The molecular formula is C29H34O8. The van der Waals surface area contributed by atoms with Crippen molar-refractivity contribution in [2.45, 2.75) is 34.6 Å². The molecule has 0 amide bonds. The van der Waals surface area contributed by atoms with Crippen LogP contribution in [0.2, 0.25) is 0 Å². The van der Waals surface area contributed by atoms with E-state index in [-0.39, 0.29) is 32.4 Å². The van der Waals surface area contributed by atoms with E-state index >= 15 is 0 Å². The molecule has 0 saturated heterocycles. The highest BCUT2D eigenvalue weighted by molar-refractivity contribution is 5.87. The SMILES string of the molecule is C=C(C)C(=O)OCCOc1ccc(-c2ccc(OC(=O)C(C)(C)C)cc2)c(OCCOC(=O)C(=C)C)c1. The first kappa shape index (κ1) is 29.2. The zero-order chi connectivity index (χ0) is 27.6. The summed E-state index contributed by atoms with van der Waals surface area (Å²) >= 11 is 0. The fraction of sp³-hybridized carbons (Fsp3) is 0.345. The zero-order valence-electron chi connectivity index (χ0n) is 22.1. The van der Waals surface area contributed by atoms with E-state index in [2.05, 4.69) is 13.2 Å². The molecular weight excluding hydrogens is 476 g/mol. The lowest BCUT2D eigenvalue weighted by Crippen LogP contribution is -2.25. The zero-order valence-corrected chi connectivity index (χ0v) is 22.1. The van der Waals surface area contributed by atoms with Crippen molar-refractivity contribution in [1.29, 1.82) is 0 Å². The summed E-state index contributed by atoms with van der Waals surface area (Å²) in [5.74, 6) is 0.114. The summed E-state index contributed by atoms with van der Waals surface area (Å²) in [5.41, 5.74) is 1.56. The van der Waals surface area contributed by atoms with Gasteiger partial charge in [-0.15, -0.1) is 0 Å². The summed E-state index contributed by atoms with van der Waals surface area (Å²) in [6.45, 7) is 15.9. The Morgan fingerprint density at radius 2 is 1.24 bits per heavy atom. The normalized spacial score (nSPS) is 10.7. The van der Waals surface area contributed by atoms with E-state index in [1.165, 1.54) is 0 Å². The van der Waals surface area contributed by atoms with E-state index < -0.39 is 17.4 Å². The average Bonchev–Trinajstić information content (AvgIpc) is 2.84. The molecule has 0 aromatic heterocycles. The Morgan fingerprint density at radius 1 is 0.730 bits per heavy atom. The maximum absolute atomic E-state index is 12.2. The first-order valence-electron chi connectivity index (χ1n) is 11.8. The van der Waals surface area contributed by atoms with Gasteiger partial charge in [0.25, 0.3) is 0 Å². The molecule has 0 heterocycles. The van der Waals surface area contributed by atoms with Gasteiger partial charge in [-0.1, -0.05) is 25.3 Å². The van der Waals surface area contributed by atoms with Crippen LogP contribution in [0, 0.1) is 5.41 Å². The minimum absolute atomic E-state index is 0.0365. The molecule has 2 aromatic rings. The minimum Gasteiger partial charge on any atom is -0.490 e. The second-order valence-electron chi connectivity index (χ2n) is 9.35. The van der Waals surface area contributed by atoms with Crippen molar-refractivity contribution in [3.63, 3.8) is 0 Å². The predicted octanol–water partition coefficient (Wildman–Crippen LogP) is 5.30. The third-order valence-corrected chi connectivity index (χ3v) is 4.80. The van der Waals surface area contributed by atoms with E-state index in [0.717, 1.165) is 11.1 Å². The van der Waals surface area contributed by atoms with Gasteiger partial charge in [-0.3, -0.25) is 4.79 Å². The summed E-state index contributed by atoms with van der Waals surface area (Å²) in [4.78, 5) is 35.3. The summed E-state index contributed by atoms with van der Waals surface area (Å²) in [6, 6.07) is 12.3. The molecule has 0 fully saturated rings. The first-order chi connectivity index (χ1) is 17.4. The fourth-order valence-corrected chi connectivity index (χ4v) is 2.74. The Kier molecular flexibility index (Phi) is 10.5. The van der Waals surface area contributed by atoms with E-state index in [1.54, 1.807) is 58.9 Å². The van der Waals surface area contributed by atoms with E-state index in [1.807, 2.05) is 18.2 Å². The molecule has 0 saturated carbocycles. The van der Waals surface area contributed by atoms with Crippen LogP contribution in [0.3, 0.4) is 0 Å². The highest BCUT2D eigenvalue weighted by atomic mass is 16.6. The van der Waals surface area contributed by atoms with Crippen molar-refractivity contribution < 1.29 is 38.1 Å². The number of hydrogen-bond donors (Lipinski definition) is 0. The molecule has 0 bridgehead atoms. The molecule has 0 atom stereocenters. The molecule has 0 radical (unpaired) electrons. The predicted molar refractivity (Wildman–Crippen MR) is 140 cm³/mol. The van der Waals surface area contributed by atoms with Gasteiger partial charge < -0.3 is 23.7 Å². The van der Waals surface area contributed by atoms with Crippen LogP contribution in [0.15, 0.2) is 66.8 Å². The lowest BCUT2D eigenvalue weighted by Gasteiger charge is -2.17. The molecule has 0 N–H and O–H groups in total. The summed E-state index contributed by atoms with van der Waals surface area (Å²) in [5, 5.41) is 0. The number of rotatable bonds is 12. The second-order valence-corrected chi connectivity index (χ2v) is 9.35. The summed E-state index contributed by atoms with van der Waals surface area (Å²) in [6.07, 6.45) is 0. The summed E-state index contributed by atoms with van der Waals surface area (Å²) < 4.78 is 27.2. The number of carbonyl (C=O) groups excluding carboxylic acids is 3. The van der Waals surface area contributed by atoms with Gasteiger partial charge in [-0.05, 0) is 64.4 Å². The fourth-order valence-electron chi connectivity index (χ4n) is 2.74. The third kappa shape index (κ3) is 9.48. The number of ether oxygens (including phenoxy) is 5. The van der Waals surface area contributed by atoms with Crippen LogP contribution in [0.5, 0.6) is 17.2 Å². The second kappa shape index (κ2) is 13.3. The van der Waals surface area contributed by atoms with Gasteiger partial charge in [0.1, 0.15) is 43.7 Å². The average molecular weight is 511 g/mol. The van der Waals surface area contributed by atoms with Crippen molar-refractivity contribution in [2.75, 3.05) is 26.4 Å². The summed E-state index contributed by atoms with van der Waals surface area (Å²) in [7, 11) is 0. The highest BCUT2D eigenvalue weighted by Gasteiger charge is 2.23. The Bertz CT molecular complexity index is 1140. The van der Waals surface area contributed by atoms with Crippen LogP contribution >= 0.6 is 0 Å². The van der Waals surface area contributed by atoms with Crippen LogP contribution in [-0.4, -0.2) is 44.3 Å². The van der Waals surface area contributed by atoms with Crippen molar-refractivity contribution in [1.82, 2.24) is 0 Å². The quantitative estimate of drug-likeness (QED) is 0.164. The molecule has 0 unspecified atom stereocenters. The molecule has 0 spiro atoms. The van der Waals surface area contributed by atoms with E-state index in [4.69, 9.17) is 23.7 Å². The van der Waals surface area contributed by atoms with Gasteiger partial charge in [0, 0.05) is 22.8 Å². The standard InChI is InChI=1S/C29H34O8/c1-19(2)26(30)35-16-14-33-23-12-13-24(25(18-23)34-15-17-36-27(31)20(3)4)21-8-10-22(11-9-21)37-28(32)29(5,6)7/h8-13,18H,1,3,14-17H2,2,4-7H3. The maximum atomic E-state index is 12.2. The largest absolute Gasteiger partial charge is 0.490 e. The van der Waals surface area contributed by atoms with Gasteiger partial charge in [0.05, 0.1) is 5.41 Å². The Labute approximate surface area is 217 Å². The molecule has 2 aromatic carbocycles. The minimum atomic E-state index is -0.619. The van der Waals surface area contributed by atoms with Gasteiger partial charge >= 0.3 is 17.9 Å². The maximum Gasteiger partial charge on any atom is 0.333 e. The van der Waals surface area contributed by atoms with Crippen molar-refractivity contribution in [3.8, 4) is 28.4 Å². The molecule has 0 aliphatic rings. The lowest BCUT2D eigenvalue weighted by molar-refractivity contribution is -0.143. The molecule has 8 nitrogen and oxygen atoms in total. The van der Waals surface area contributed by atoms with Gasteiger partial charge in [0.2, 0.25) is 0 Å². The topological polar surface area (TPSA) is 97.4 Å². The number of benzene rings is 2. The lowest BCUT2D eigenvalue weighted by atomic mass is 9.97. The Hall–Kier alpha value is -4.07. The molecule has 37 heavy (non-hydrogen) atoms. The van der Waals surface area contributed by atoms with Crippen LogP contribution in [0.25, 0.3) is 11.1 Å². The third-order valence-electron chi connectivity index (χ3n) is 4.80. The van der Waals surface area contributed by atoms with Crippen LogP contribution < -0.4 is 14.2 Å². The Balaban J connectivity index is 2.16. The molecule has 0 aliphatic carbocycles. The van der Waals surface area contributed by atoms with Gasteiger partial charge in [-0.2, -0.15) is 0 Å². The van der Waals surface area contributed by atoms with Gasteiger partial charge in [0.15, 0.2) is 0 Å². The van der Waals surface area contributed by atoms with E-state index in [0.29, 0.717) is 28.4 Å². The molecule has 0 aliphatic heterocycles. The van der Waals surface area contributed by atoms with Crippen molar-refractivity contribution in [2.24, 2.45) is 5.41 Å². The first-order valence-corrected chi connectivity index (χ1v) is 11.8. The van der Waals surface area contributed by atoms with Crippen molar-refractivity contribution in [3.05, 3.63) is 66.8 Å². The van der Waals surface area contributed by atoms with Gasteiger partial charge in [-0.25, -0.2) is 9.59 Å². The monoisotopic (exact) mass is 510 g/mol. The van der Waals surface area contributed by atoms with Crippen LogP contribution in [0.4, 0.5) is 0 Å². The molecule has 198 valence electrons.